The van der Waals surface area contributed by atoms with Crippen molar-refractivity contribution in [2.45, 2.75) is 43.8 Å². The van der Waals surface area contributed by atoms with Crippen LogP contribution in [0.5, 0.6) is 5.88 Å². The van der Waals surface area contributed by atoms with Crippen LogP contribution in [0.15, 0.2) is 46.7 Å². The number of hydrogen-bond acceptors (Lipinski definition) is 6. The predicted molar refractivity (Wildman–Crippen MR) is 100 cm³/mol. The van der Waals surface area contributed by atoms with Crippen LogP contribution < -0.4 is 10.3 Å². The minimum atomic E-state index is -0.913. The highest BCUT2D eigenvalue weighted by Crippen LogP contribution is 2.56. The van der Waals surface area contributed by atoms with Crippen molar-refractivity contribution in [3.8, 4) is 5.88 Å². The van der Waals surface area contributed by atoms with Crippen LogP contribution >= 0.6 is 11.3 Å². The van der Waals surface area contributed by atoms with E-state index in [1.165, 1.54) is 18.3 Å². The third-order valence-electron chi connectivity index (χ3n) is 5.57. The van der Waals surface area contributed by atoms with Gasteiger partial charge in [-0.15, -0.1) is 11.3 Å². The molecular weight excluding hydrogens is 364 g/mol. The first kappa shape index (κ1) is 16.5. The highest BCUT2D eigenvalue weighted by Gasteiger charge is 2.60. The fourth-order valence-electron chi connectivity index (χ4n) is 4.56. The Labute approximate surface area is 159 Å². The highest BCUT2D eigenvalue weighted by atomic mass is 32.1. The largest absolute Gasteiger partial charge is 0.461 e. The molecule has 2 aliphatic rings. The van der Waals surface area contributed by atoms with Gasteiger partial charge in [-0.05, 0) is 24.8 Å². The molecule has 3 aromatic rings. The third-order valence-corrected chi connectivity index (χ3v) is 6.33. The Morgan fingerprint density at radius 3 is 2.93 bits per heavy atom. The van der Waals surface area contributed by atoms with Crippen LogP contribution in [0, 0.1) is 0 Å². The van der Waals surface area contributed by atoms with Crippen molar-refractivity contribution in [1.82, 2.24) is 9.38 Å². The van der Waals surface area contributed by atoms with Crippen LogP contribution in [0.25, 0.3) is 4.96 Å². The van der Waals surface area contributed by atoms with E-state index in [9.17, 15) is 9.59 Å². The monoisotopic (exact) mass is 382 g/mol. The van der Waals surface area contributed by atoms with Crippen LogP contribution in [0.4, 0.5) is 0 Å². The normalized spacial score (nSPS) is 26.3. The van der Waals surface area contributed by atoms with E-state index in [0.29, 0.717) is 22.8 Å². The maximum absolute atomic E-state index is 13.2. The molecule has 1 aliphatic carbocycles. The molecule has 1 saturated carbocycles. The topological polar surface area (TPSA) is 69.9 Å². The number of rotatable bonds is 2. The maximum atomic E-state index is 13.2. The Hall–Kier alpha value is -2.67. The number of carbonyl (C=O) groups excluding carboxylic acids is 1. The average molecular weight is 382 g/mol. The second-order valence-corrected chi connectivity index (χ2v) is 7.91. The second-order valence-electron chi connectivity index (χ2n) is 7.03. The number of benzene rings is 1. The molecule has 27 heavy (non-hydrogen) atoms. The zero-order chi connectivity index (χ0) is 18.6. The van der Waals surface area contributed by atoms with Crippen LogP contribution in [-0.2, 0) is 15.1 Å². The molecule has 1 aromatic carbocycles. The van der Waals surface area contributed by atoms with Crippen LogP contribution in [0.1, 0.15) is 43.2 Å². The Morgan fingerprint density at radius 1 is 1.33 bits per heavy atom. The van der Waals surface area contributed by atoms with Crippen LogP contribution in [0.3, 0.4) is 0 Å². The number of thiazole rings is 1. The lowest BCUT2D eigenvalue weighted by molar-refractivity contribution is -0.166. The second kappa shape index (κ2) is 5.92. The average Bonchev–Trinajstić information content (AvgIpc) is 3.26. The summed E-state index contributed by atoms with van der Waals surface area (Å²) < 4.78 is 13.7. The molecule has 0 amide bonds. The molecule has 0 radical (unpaired) electrons. The summed E-state index contributed by atoms with van der Waals surface area (Å²) in [5, 5.41) is 1.84. The van der Waals surface area contributed by atoms with Crippen molar-refractivity contribution in [1.29, 1.82) is 0 Å². The molecule has 1 aliphatic heterocycles. The lowest BCUT2D eigenvalue weighted by Crippen LogP contribution is -2.51. The van der Waals surface area contributed by atoms with Crippen molar-refractivity contribution < 1.29 is 14.3 Å². The fraction of sp³-hybridized carbons (Fsp3) is 0.350. The molecule has 7 heteroatoms. The highest BCUT2D eigenvalue weighted by molar-refractivity contribution is 7.15. The summed E-state index contributed by atoms with van der Waals surface area (Å²) in [5.74, 6) is -0.179. The lowest BCUT2D eigenvalue weighted by Gasteiger charge is -2.43. The summed E-state index contributed by atoms with van der Waals surface area (Å²) in [4.78, 5) is 30.2. The minimum Gasteiger partial charge on any atom is -0.461 e. The molecule has 0 N–H and O–H groups in total. The van der Waals surface area contributed by atoms with Gasteiger partial charge in [0.25, 0.3) is 5.56 Å². The number of fused-ring (bicyclic) bond motifs is 4. The number of hydrogen-bond donors (Lipinski definition) is 0. The Bertz CT molecular complexity index is 1090. The summed E-state index contributed by atoms with van der Waals surface area (Å²) in [6.45, 7) is 1.41. The lowest BCUT2D eigenvalue weighted by atomic mass is 9.68. The van der Waals surface area contributed by atoms with Gasteiger partial charge in [0.05, 0.1) is 5.56 Å². The molecule has 0 spiro atoms. The predicted octanol–water partition coefficient (Wildman–Crippen LogP) is 3.24. The van der Waals surface area contributed by atoms with Gasteiger partial charge in [-0.2, -0.15) is 4.98 Å². The first-order valence-electron chi connectivity index (χ1n) is 9.03. The number of carbonyl (C=O) groups is 1. The first-order chi connectivity index (χ1) is 13.1. The van der Waals surface area contributed by atoms with E-state index >= 15 is 0 Å². The maximum Gasteiger partial charge on any atom is 0.303 e. The van der Waals surface area contributed by atoms with Gasteiger partial charge >= 0.3 is 5.97 Å². The van der Waals surface area contributed by atoms with Gasteiger partial charge in [0.15, 0.2) is 10.6 Å². The number of aromatic nitrogens is 2. The van der Waals surface area contributed by atoms with Crippen molar-refractivity contribution in [3.63, 3.8) is 0 Å². The van der Waals surface area contributed by atoms with E-state index < -0.39 is 11.7 Å². The van der Waals surface area contributed by atoms with Gasteiger partial charge in [-0.25, -0.2) is 0 Å². The molecule has 0 bridgehead atoms. The minimum absolute atomic E-state index is 0.0949. The fourth-order valence-corrected chi connectivity index (χ4v) is 5.26. The van der Waals surface area contributed by atoms with Gasteiger partial charge < -0.3 is 9.47 Å². The zero-order valence-electron chi connectivity index (χ0n) is 14.8. The summed E-state index contributed by atoms with van der Waals surface area (Å²) in [5.41, 5.74) is 0.491. The molecule has 0 unspecified atom stereocenters. The molecule has 3 atom stereocenters. The van der Waals surface area contributed by atoms with E-state index in [-0.39, 0.29) is 17.4 Å². The van der Waals surface area contributed by atoms with E-state index in [1.54, 1.807) is 10.6 Å². The van der Waals surface area contributed by atoms with Gasteiger partial charge in [0.2, 0.25) is 5.88 Å². The smallest absolute Gasteiger partial charge is 0.303 e. The van der Waals surface area contributed by atoms with Crippen molar-refractivity contribution >= 4 is 22.3 Å². The van der Waals surface area contributed by atoms with Crippen molar-refractivity contribution in [3.05, 3.63) is 63.4 Å². The quantitative estimate of drug-likeness (QED) is 0.637. The van der Waals surface area contributed by atoms with E-state index in [1.807, 2.05) is 35.7 Å². The van der Waals surface area contributed by atoms with Gasteiger partial charge in [-0.1, -0.05) is 30.3 Å². The molecule has 3 heterocycles. The summed E-state index contributed by atoms with van der Waals surface area (Å²) in [7, 11) is 0. The van der Waals surface area contributed by atoms with Gasteiger partial charge in [0, 0.05) is 24.4 Å². The molecule has 0 saturated heterocycles. The van der Waals surface area contributed by atoms with Gasteiger partial charge in [-0.3, -0.25) is 14.0 Å². The van der Waals surface area contributed by atoms with Gasteiger partial charge in [0.1, 0.15) is 6.10 Å². The molecule has 1 fully saturated rings. The number of nitrogens with zero attached hydrogens (tertiary/aromatic N) is 2. The number of ether oxygens (including phenoxy) is 2. The SMILES string of the molecule is CC(=O)O[C@@H]1CCC[C@@H]2c3c(nc4sccn4c3=O)O[C@@]21c1ccccc1. The number of esters is 1. The molecule has 5 rings (SSSR count). The van der Waals surface area contributed by atoms with E-state index in [0.717, 1.165) is 18.4 Å². The standard InChI is InChI=1S/C20H18N2O4S/c1-12(23)25-15-9-5-8-14-16-17(21-19-22(18(16)24)10-11-27-19)26-20(14,15)13-6-3-2-4-7-13/h2-4,6-7,10-11,14-15H,5,8-9H2,1H3/t14-,15-,20+/m1/s1. The summed E-state index contributed by atoms with van der Waals surface area (Å²) in [6, 6.07) is 9.75. The summed E-state index contributed by atoms with van der Waals surface area (Å²) >= 11 is 1.39. The van der Waals surface area contributed by atoms with Crippen LogP contribution in [0.2, 0.25) is 0 Å². The zero-order valence-corrected chi connectivity index (χ0v) is 15.6. The van der Waals surface area contributed by atoms with E-state index in [2.05, 4.69) is 4.98 Å². The van der Waals surface area contributed by atoms with Crippen LogP contribution in [-0.4, -0.2) is 21.5 Å². The molecular formula is C20H18N2O4S. The Balaban J connectivity index is 1.76. The van der Waals surface area contributed by atoms with Crippen molar-refractivity contribution in [2.75, 3.05) is 0 Å². The first-order valence-corrected chi connectivity index (χ1v) is 9.90. The summed E-state index contributed by atoms with van der Waals surface area (Å²) in [6.07, 6.45) is 3.60. The van der Waals surface area contributed by atoms with E-state index in [4.69, 9.17) is 9.47 Å². The van der Waals surface area contributed by atoms with Crippen molar-refractivity contribution in [2.24, 2.45) is 0 Å². The Kier molecular flexibility index (Phi) is 3.62. The molecule has 138 valence electrons. The molecule has 2 aromatic heterocycles. The Morgan fingerprint density at radius 2 is 2.15 bits per heavy atom. The molecule has 6 nitrogen and oxygen atoms in total. The third kappa shape index (κ3) is 2.27.